The van der Waals surface area contributed by atoms with E-state index in [9.17, 15) is 18.0 Å². The van der Waals surface area contributed by atoms with Gasteiger partial charge in [-0.25, -0.2) is 9.67 Å². The highest BCUT2D eigenvalue weighted by molar-refractivity contribution is 6.32. The average molecular weight is 305 g/mol. The number of halogens is 4. The SMILES string of the molecule is Cc1c(C(N)=O)cnn1-c1ncc(C(F)(F)F)cc1Cl. The van der Waals surface area contributed by atoms with E-state index in [1.807, 2.05) is 0 Å². The molecular formula is C11H8ClF3N4O. The van der Waals surface area contributed by atoms with Crippen molar-refractivity contribution in [3.8, 4) is 5.82 Å². The molecule has 2 aromatic rings. The van der Waals surface area contributed by atoms with Gasteiger partial charge < -0.3 is 5.73 Å². The van der Waals surface area contributed by atoms with Gasteiger partial charge in [0.15, 0.2) is 5.82 Å². The molecule has 2 aromatic heterocycles. The lowest BCUT2D eigenvalue weighted by molar-refractivity contribution is -0.137. The van der Waals surface area contributed by atoms with Crippen LogP contribution in [0.5, 0.6) is 0 Å². The number of carbonyl (C=O) groups excluding carboxylic acids is 1. The predicted octanol–water partition coefficient (Wildman–Crippen LogP) is 2.35. The lowest BCUT2D eigenvalue weighted by Crippen LogP contribution is -2.13. The van der Waals surface area contributed by atoms with Crippen LogP contribution in [0.4, 0.5) is 13.2 Å². The van der Waals surface area contributed by atoms with E-state index in [4.69, 9.17) is 17.3 Å². The number of pyridine rings is 1. The third-order valence-electron chi connectivity index (χ3n) is 2.62. The summed E-state index contributed by atoms with van der Waals surface area (Å²) in [5.41, 5.74) is 4.65. The number of hydrogen-bond acceptors (Lipinski definition) is 3. The monoisotopic (exact) mass is 304 g/mol. The summed E-state index contributed by atoms with van der Waals surface area (Å²) in [6.07, 6.45) is -2.69. The molecule has 0 unspecified atom stereocenters. The van der Waals surface area contributed by atoms with Crippen LogP contribution in [0.25, 0.3) is 5.82 Å². The summed E-state index contributed by atoms with van der Waals surface area (Å²) in [4.78, 5) is 14.7. The Bertz CT molecular complexity index is 681. The molecule has 2 rings (SSSR count). The summed E-state index contributed by atoms with van der Waals surface area (Å²) < 4.78 is 38.7. The zero-order valence-corrected chi connectivity index (χ0v) is 10.8. The Hall–Kier alpha value is -2.09. The molecular weight excluding hydrogens is 297 g/mol. The van der Waals surface area contributed by atoms with Crippen molar-refractivity contribution in [2.45, 2.75) is 13.1 Å². The molecule has 0 aliphatic carbocycles. The Morgan fingerprint density at radius 1 is 1.40 bits per heavy atom. The summed E-state index contributed by atoms with van der Waals surface area (Å²) in [7, 11) is 0. The van der Waals surface area contributed by atoms with Gasteiger partial charge in [0.25, 0.3) is 5.91 Å². The summed E-state index contributed by atoms with van der Waals surface area (Å²) in [6.45, 7) is 1.53. The average Bonchev–Trinajstić information content (AvgIpc) is 2.70. The summed E-state index contributed by atoms with van der Waals surface area (Å²) in [5.74, 6) is -0.707. The van der Waals surface area contributed by atoms with Crippen molar-refractivity contribution in [2.75, 3.05) is 0 Å². The summed E-state index contributed by atoms with van der Waals surface area (Å²) in [5, 5.41) is 3.61. The lowest BCUT2D eigenvalue weighted by atomic mass is 10.2. The molecule has 9 heteroatoms. The van der Waals surface area contributed by atoms with Gasteiger partial charge in [-0.2, -0.15) is 18.3 Å². The normalized spacial score (nSPS) is 11.7. The van der Waals surface area contributed by atoms with Crippen molar-refractivity contribution in [2.24, 2.45) is 5.73 Å². The predicted molar refractivity (Wildman–Crippen MR) is 64.6 cm³/mol. The summed E-state index contributed by atoms with van der Waals surface area (Å²) >= 11 is 5.79. The van der Waals surface area contributed by atoms with Gasteiger partial charge in [0, 0.05) is 6.20 Å². The fourth-order valence-corrected chi connectivity index (χ4v) is 1.85. The van der Waals surface area contributed by atoms with E-state index in [0.29, 0.717) is 11.9 Å². The minimum absolute atomic E-state index is 0.00957. The standard InChI is InChI=1S/C11H8ClF3N4O/c1-5-7(9(16)20)4-18-19(5)10-8(12)2-6(3-17-10)11(13,14)15/h2-4H,1H3,(H2,16,20). The van der Waals surface area contributed by atoms with Crippen molar-refractivity contribution >= 4 is 17.5 Å². The maximum absolute atomic E-state index is 12.5. The number of hydrogen-bond donors (Lipinski definition) is 1. The zero-order valence-electron chi connectivity index (χ0n) is 10.1. The molecule has 1 amide bonds. The van der Waals surface area contributed by atoms with Crippen LogP contribution in [-0.2, 0) is 6.18 Å². The van der Waals surface area contributed by atoms with Gasteiger partial charge in [-0.05, 0) is 13.0 Å². The van der Waals surface area contributed by atoms with Crippen molar-refractivity contribution in [3.63, 3.8) is 0 Å². The first kappa shape index (κ1) is 14.3. The molecule has 0 radical (unpaired) electrons. The van der Waals surface area contributed by atoms with Gasteiger partial charge in [-0.1, -0.05) is 11.6 Å². The van der Waals surface area contributed by atoms with E-state index in [1.54, 1.807) is 0 Å². The molecule has 0 aliphatic rings. The van der Waals surface area contributed by atoms with Gasteiger partial charge in [0.1, 0.15) is 0 Å². The van der Waals surface area contributed by atoms with E-state index in [0.717, 1.165) is 10.7 Å². The molecule has 0 atom stereocenters. The van der Waals surface area contributed by atoms with Crippen LogP contribution in [0.2, 0.25) is 5.02 Å². The molecule has 0 aliphatic heterocycles. The van der Waals surface area contributed by atoms with Crippen molar-refractivity contribution < 1.29 is 18.0 Å². The molecule has 5 nitrogen and oxygen atoms in total. The number of nitrogens with zero attached hydrogens (tertiary/aromatic N) is 3. The first-order valence-corrected chi connectivity index (χ1v) is 5.67. The number of alkyl halides is 3. The number of amides is 1. The molecule has 106 valence electrons. The Morgan fingerprint density at radius 2 is 2.05 bits per heavy atom. The zero-order chi connectivity index (χ0) is 15.1. The van der Waals surface area contributed by atoms with Crippen LogP contribution < -0.4 is 5.73 Å². The fraction of sp³-hybridized carbons (Fsp3) is 0.182. The maximum atomic E-state index is 12.5. The van der Waals surface area contributed by atoms with Crippen LogP contribution in [0, 0.1) is 6.92 Å². The Labute approximate surface area is 116 Å². The maximum Gasteiger partial charge on any atom is 0.417 e. The topological polar surface area (TPSA) is 73.8 Å². The highest BCUT2D eigenvalue weighted by Crippen LogP contribution is 2.32. The van der Waals surface area contributed by atoms with Gasteiger partial charge in [0.2, 0.25) is 0 Å². The van der Waals surface area contributed by atoms with E-state index >= 15 is 0 Å². The first-order chi connectivity index (χ1) is 9.21. The molecule has 20 heavy (non-hydrogen) atoms. The molecule has 0 fully saturated rings. The van der Waals surface area contributed by atoms with Gasteiger partial charge in [-0.15, -0.1) is 0 Å². The fourth-order valence-electron chi connectivity index (χ4n) is 1.61. The Balaban J connectivity index is 2.52. The van der Waals surface area contributed by atoms with Gasteiger partial charge >= 0.3 is 6.18 Å². The smallest absolute Gasteiger partial charge is 0.365 e. The number of primary amides is 1. The third kappa shape index (κ3) is 2.46. The van der Waals surface area contributed by atoms with Crippen LogP contribution >= 0.6 is 11.6 Å². The van der Waals surface area contributed by atoms with Crippen molar-refractivity contribution in [1.29, 1.82) is 0 Å². The van der Waals surface area contributed by atoms with E-state index in [1.165, 1.54) is 13.1 Å². The largest absolute Gasteiger partial charge is 0.417 e. The molecule has 2 heterocycles. The number of carbonyl (C=O) groups is 1. The van der Waals surface area contributed by atoms with Crippen molar-refractivity contribution in [3.05, 3.63) is 40.3 Å². The summed E-state index contributed by atoms with van der Waals surface area (Å²) in [6, 6.07) is 0.745. The van der Waals surface area contributed by atoms with Crippen LogP contribution in [-0.4, -0.2) is 20.7 Å². The van der Waals surface area contributed by atoms with Crippen LogP contribution in [0.1, 0.15) is 21.6 Å². The minimum atomic E-state index is -4.54. The molecule has 2 N–H and O–H groups in total. The second kappa shape index (κ2) is 4.78. The molecule has 0 spiro atoms. The van der Waals surface area contributed by atoms with Crippen molar-refractivity contribution in [1.82, 2.24) is 14.8 Å². The Morgan fingerprint density at radius 3 is 2.50 bits per heavy atom. The van der Waals surface area contributed by atoms with Gasteiger partial charge in [0.05, 0.1) is 28.0 Å². The minimum Gasteiger partial charge on any atom is -0.365 e. The molecule has 0 bridgehead atoms. The van der Waals surface area contributed by atoms with E-state index in [2.05, 4.69) is 10.1 Å². The number of aromatic nitrogens is 3. The first-order valence-electron chi connectivity index (χ1n) is 5.29. The molecule has 0 aromatic carbocycles. The van der Waals surface area contributed by atoms with E-state index in [-0.39, 0.29) is 16.4 Å². The second-order valence-electron chi connectivity index (χ2n) is 3.95. The van der Waals surface area contributed by atoms with Crippen LogP contribution in [0.3, 0.4) is 0 Å². The number of rotatable bonds is 2. The lowest BCUT2D eigenvalue weighted by Gasteiger charge is -2.10. The second-order valence-corrected chi connectivity index (χ2v) is 4.35. The molecule has 0 saturated carbocycles. The highest BCUT2D eigenvalue weighted by Gasteiger charge is 2.32. The Kier molecular flexibility index (Phi) is 3.43. The van der Waals surface area contributed by atoms with Gasteiger partial charge in [-0.3, -0.25) is 4.79 Å². The highest BCUT2D eigenvalue weighted by atomic mass is 35.5. The molecule has 0 saturated heterocycles. The number of nitrogens with two attached hydrogens (primary N) is 1. The van der Waals surface area contributed by atoms with E-state index < -0.39 is 17.6 Å². The quantitative estimate of drug-likeness (QED) is 0.925. The third-order valence-corrected chi connectivity index (χ3v) is 2.90. The van der Waals surface area contributed by atoms with Crippen LogP contribution in [0.15, 0.2) is 18.5 Å².